The van der Waals surface area contributed by atoms with E-state index in [9.17, 15) is 4.79 Å². The van der Waals surface area contributed by atoms with Gasteiger partial charge in [0, 0.05) is 12.6 Å². The summed E-state index contributed by atoms with van der Waals surface area (Å²) in [7, 11) is 0. The van der Waals surface area contributed by atoms with Crippen molar-refractivity contribution in [2.75, 3.05) is 6.54 Å². The lowest BCUT2D eigenvalue weighted by molar-refractivity contribution is -0.127. The quantitative estimate of drug-likeness (QED) is 0.745. The molecule has 1 amide bonds. The van der Waals surface area contributed by atoms with Gasteiger partial charge in [-0.05, 0) is 26.2 Å². The highest BCUT2D eigenvalue weighted by Gasteiger charge is 2.44. The molecule has 2 heterocycles. The predicted octanol–water partition coefficient (Wildman–Crippen LogP) is 0.439. The van der Waals surface area contributed by atoms with Crippen molar-refractivity contribution in [3.8, 4) is 0 Å². The molecule has 2 fully saturated rings. The lowest BCUT2D eigenvalue weighted by Gasteiger charge is -2.20. The molecule has 0 aromatic heterocycles. The van der Waals surface area contributed by atoms with E-state index in [2.05, 4.69) is 5.32 Å². The maximum Gasteiger partial charge on any atom is 0.226 e. The fraction of sp³-hybridized carbons (Fsp3) is 0.900. The first-order valence-corrected chi connectivity index (χ1v) is 5.36. The van der Waals surface area contributed by atoms with E-state index in [4.69, 9.17) is 10.5 Å². The van der Waals surface area contributed by atoms with Gasteiger partial charge in [0.1, 0.15) is 0 Å². The Hall–Kier alpha value is -0.320. The van der Waals surface area contributed by atoms with Crippen molar-refractivity contribution in [1.29, 1.82) is 0 Å². The van der Waals surface area contributed by atoms with Crippen LogP contribution in [0.15, 0.2) is 0 Å². The predicted molar refractivity (Wildman–Crippen MR) is 59.9 cm³/mol. The van der Waals surface area contributed by atoms with E-state index >= 15 is 0 Å². The molecular formula is C10H19ClN2O2. The van der Waals surface area contributed by atoms with Crippen molar-refractivity contribution < 1.29 is 9.53 Å². The van der Waals surface area contributed by atoms with Gasteiger partial charge in [0.05, 0.1) is 18.1 Å². The Morgan fingerprint density at radius 2 is 2.33 bits per heavy atom. The summed E-state index contributed by atoms with van der Waals surface area (Å²) < 4.78 is 5.63. The summed E-state index contributed by atoms with van der Waals surface area (Å²) in [5.41, 5.74) is 5.45. The van der Waals surface area contributed by atoms with Gasteiger partial charge in [0.25, 0.3) is 0 Å². The molecule has 3 N–H and O–H groups in total. The third-order valence-corrected chi connectivity index (χ3v) is 3.18. The van der Waals surface area contributed by atoms with Gasteiger partial charge in [0.15, 0.2) is 0 Å². The maximum atomic E-state index is 11.8. The van der Waals surface area contributed by atoms with Crippen molar-refractivity contribution in [1.82, 2.24) is 5.32 Å². The second kappa shape index (κ2) is 5.14. The molecule has 88 valence electrons. The summed E-state index contributed by atoms with van der Waals surface area (Å²) in [6, 6.07) is 0.0710. The molecule has 0 aromatic carbocycles. The van der Waals surface area contributed by atoms with Crippen LogP contribution < -0.4 is 11.1 Å². The number of carbonyl (C=O) groups excluding carboxylic acids is 1. The van der Waals surface area contributed by atoms with Crippen LogP contribution in [0.25, 0.3) is 0 Å². The molecule has 2 saturated heterocycles. The standard InChI is InChI=1S/C10H18N2O2.ClH/c1-6(5-11)12-10(13)8-4-7-2-3-9(8)14-7;/h6-9H,2-5,11H2,1H3,(H,12,13);1H/t6-,7+,8+,9-;/m0./s1. The summed E-state index contributed by atoms with van der Waals surface area (Å²) in [4.78, 5) is 11.8. The smallest absolute Gasteiger partial charge is 0.226 e. The monoisotopic (exact) mass is 234 g/mol. The second-order valence-corrected chi connectivity index (χ2v) is 4.36. The molecule has 0 unspecified atom stereocenters. The zero-order valence-electron chi connectivity index (χ0n) is 8.94. The number of rotatable bonds is 3. The third kappa shape index (κ3) is 2.62. The lowest BCUT2D eigenvalue weighted by atomic mass is 9.88. The highest BCUT2D eigenvalue weighted by Crippen LogP contribution is 2.38. The number of ether oxygens (including phenoxy) is 1. The molecule has 5 heteroatoms. The van der Waals surface area contributed by atoms with Gasteiger partial charge in [-0.15, -0.1) is 12.4 Å². The fourth-order valence-electron chi connectivity index (χ4n) is 2.32. The summed E-state index contributed by atoms with van der Waals surface area (Å²) in [5.74, 6) is 0.193. The fourth-order valence-corrected chi connectivity index (χ4v) is 2.32. The number of fused-ring (bicyclic) bond motifs is 2. The minimum absolute atomic E-state index is 0. The summed E-state index contributed by atoms with van der Waals surface area (Å²) in [6.45, 7) is 2.42. The normalized spacial score (nSPS) is 34.7. The van der Waals surface area contributed by atoms with Gasteiger partial charge in [-0.25, -0.2) is 0 Å². The van der Waals surface area contributed by atoms with E-state index < -0.39 is 0 Å². The van der Waals surface area contributed by atoms with E-state index in [1.165, 1.54) is 0 Å². The summed E-state index contributed by atoms with van der Waals surface area (Å²) >= 11 is 0. The molecule has 0 aliphatic carbocycles. The zero-order valence-corrected chi connectivity index (χ0v) is 9.76. The molecule has 0 spiro atoms. The minimum Gasteiger partial charge on any atom is -0.374 e. The summed E-state index contributed by atoms with van der Waals surface area (Å²) in [5, 5.41) is 2.91. The van der Waals surface area contributed by atoms with E-state index in [0.29, 0.717) is 12.6 Å². The maximum absolute atomic E-state index is 11.8. The Balaban J connectivity index is 0.00000112. The molecule has 2 aliphatic rings. The average molecular weight is 235 g/mol. The Bertz CT molecular complexity index is 237. The number of halogens is 1. The number of hydrogen-bond acceptors (Lipinski definition) is 3. The molecule has 0 aromatic rings. The zero-order chi connectivity index (χ0) is 10.1. The van der Waals surface area contributed by atoms with Crippen molar-refractivity contribution in [3.05, 3.63) is 0 Å². The Morgan fingerprint density at radius 3 is 2.80 bits per heavy atom. The van der Waals surface area contributed by atoms with Crippen LogP contribution in [0.4, 0.5) is 0 Å². The highest BCUT2D eigenvalue weighted by atomic mass is 35.5. The van der Waals surface area contributed by atoms with Crippen molar-refractivity contribution >= 4 is 18.3 Å². The number of nitrogens with one attached hydrogen (secondary N) is 1. The number of nitrogens with two attached hydrogens (primary N) is 1. The van der Waals surface area contributed by atoms with Gasteiger partial charge in [0.2, 0.25) is 5.91 Å². The van der Waals surface area contributed by atoms with Gasteiger partial charge in [-0.3, -0.25) is 4.79 Å². The van der Waals surface area contributed by atoms with Crippen LogP contribution in [0.5, 0.6) is 0 Å². The second-order valence-electron chi connectivity index (χ2n) is 4.36. The molecule has 2 rings (SSSR count). The third-order valence-electron chi connectivity index (χ3n) is 3.18. The molecule has 15 heavy (non-hydrogen) atoms. The van der Waals surface area contributed by atoms with Gasteiger partial charge < -0.3 is 15.8 Å². The lowest BCUT2D eigenvalue weighted by Crippen LogP contribution is -2.43. The van der Waals surface area contributed by atoms with E-state index in [-0.39, 0.29) is 36.4 Å². The number of carbonyl (C=O) groups is 1. The first-order chi connectivity index (χ1) is 6.70. The van der Waals surface area contributed by atoms with E-state index in [0.717, 1.165) is 19.3 Å². The van der Waals surface area contributed by atoms with Crippen LogP contribution in [-0.2, 0) is 9.53 Å². The molecule has 0 radical (unpaired) electrons. The molecule has 2 aliphatic heterocycles. The van der Waals surface area contributed by atoms with Crippen LogP contribution >= 0.6 is 12.4 Å². The highest BCUT2D eigenvalue weighted by molar-refractivity contribution is 5.85. The van der Waals surface area contributed by atoms with Crippen LogP contribution in [-0.4, -0.2) is 30.7 Å². The molecular weight excluding hydrogens is 216 g/mol. The largest absolute Gasteiger partial charge is 0.374 e. The average Bonchev–Trinajstić information content (AvgIpc) is 2.78. The van der Waals surface area contributed by atoms with Crippen LogP contribution in [0, 0.1) is 5.92 Å². The minimum atomic E-state index is 0. The summed E-state index contributed by atoms with van der Waals surface area (Å²) in [6.07, 6.45) is 3.57. The van der Waals surface area contributed by atoms with E-state index in [1.807, 2.05) is 6.92 Å². The van der Waals surface area contributed by atoms with Gasteiger partial charge in [-0.1, -0.05) is 0 Å². The topological polar surface area (TPSA) is 64.3 Å². The van der Waals surface area contributed by atoms with Gasteiger partial charge >= 0.3 is 0 Å². The Labute approximate surface area is 96.3 Å². The van der Waals surface area contributed by atoms with Crippen LogP contribution in [0.2, 0.25) is 0 Å². The Morgan fingerprint density at radius 1 is 1.60 bits per heavy atom. The van der Waals surface area contributed by atoms with Crippen molar-refractivity contribution in [2.24, 2.45) is 11.7 Å². The first-order valence-electron chi connectivity index (χ1n) is 5.36. The van der Waals surface area contributed by atoms with Gasteiger partial charge in [-0.2, -0.15) is 0 Å². The molecule has 4 atom stereocenters. The SMILES string of the molecule is C[C@@H](CN)NC(=O)[C@@H]1C[C@H]2CC[C@@H]1O2.Cl. The number of hydrogen-bond donors (Lipinski definition) is 2. The first kappa shape index (κ1) is 12.7. The van der Waals surface area contributed by atoms with E-state index in [1.54, 1.807) is 0 Å². The molecule has 0 saturated carbocycles. The Kier molecular flexibility index (Phi) is 4.37. The molecule has 2 bridgehead atoms. The van der Waals surface area contributed by atoms with Crippen LogP contribution in [0.3, 0.4) is 0 Å². The van der Waals surface area contributed by atoms with Crippen LogP contribution in [0.1, 0.15) is 26.2 Å². The van der Waals surface area contributed by atoms with Crippen molar-refractivity contribution in [2.45, 2.75) is 44.4 Å². The molecule has 4 nitrogen and oxygen atoms in total. The van der Waals surface area contributed by atoms with Crippen molar-refractivity contribution in [3.63, 3.8) is 0 Å². The number of amides is 1.